The molecule has 17 heavy (non-hydrogen) atoms. The molecule has 0 spiro atoms. The predicted molar refractivity (Wildman–Crippen MR) is 67.6 cm³/mol. The normalized spacial score (nSPS) is 12.8. The predicted octanol–water partition coefficient (Wildman–Crippen LogP) is 2.32. The van der Waals surface area contributed by atoms with Gasteiger partial charge in [0.15, 0.2) is 0 Å². The van der Waals surface area contributed by atoms with Crippen molar-refractivity contribution in [2.45, 2.75) is 32.1 Å². The first kappa shape index (κ1) is 11.6. The molecule has 90 valence electrons. The van der Waals surface area contributed by atoms with Gasteiger partial charge >= 0.3 is 0 Å². The van der Waals surface area contributed by atoms with E-state index in [4.69, 9.17) is 5.73 Å². The average Bonchev–Trinajstić information content (AvgIpc) is 2.72. The van der Waals surface area contributed by atoms with E-state index in [9.17, 15) is 4.79 Å². The molecular formula is C13H17N3O. The summed E-state index contributed by atoms with van der Waals surface area (Å²) in [7, 11) is 0. The van der Waals surface area contributed by atoms with E-state index in [0.29, 0.717) is 6.42 Å². The van der Waals surface area contributed by atoms with Crippen LogP contribution in [-0.4, -0.2) is 15.9 Å². The van der Waals surface area contributed by atoms with E-state index in [1.165, 1.54) is 0 Å². The second-order valence-electron chi connectivity index (χ2n) is 4.25. The van der Waals surface area contributed by atoms with Gasteiger partial charge in [-0.1, -0.05) is 19.1 Å². The maximum atomic E-state index is 10.8. The minimum atomic E-state index is -0.250. The SMILES string of the molecule is CC[C@@H](CCC(N)=O)c1nc2ccccc2[nH]1. The molecule has 1 aromatic carbocycles. The smallest absolute Gasteiger partial charge is 0.217 e. The number of benzene rings is 1. The van der Waals surface area contributed by atoms with Gasteiger partial charge in [-0.3, -0.25) is 4.79 Å². The van der Waals surface area contributed by atoms with E-state index in [1.807, 2.05) is 24.3 Å². The van der Waals surface area contributed by atoms with Gasteiger partial charge in [0.1, 0.15) is 5.82 Å². The summed E-state index contributed by atoms with van der Waals surface area (Å²) < 4.78 is 0. The molecule has 3 N–H and O–H groups in total. The first-order valence-corrected chi connectivity index (χ1v) is 5.93. The number of nitrogens with zero attached hydrogens (tertiary/aromatic N) is 1. The van der Waals surface area contributed by atoms with Gasteiger partial charge in [-0.15, -0.1) is 0 Å². The third-order valence-electron chi connectivity index (χ3n) is 3.03. The van der Waals surface area contributed by atoms with Crippen molar-refractivity contribution in [3.63, 3.8) is 0 Å². The Kier molecular flexibility index (Phi) is 3.42. The van der Waals surface area contributed by atoms with E-state index < -0.39 is 0 Å². The lowest BCUT2D eigenvalue weighted by atomic mass is 9.99. The monoisotopic (exact) mass is 231 g/mol. The van der Waals surface area contributed by atoms with Gasteiger partial charge in [0.2, 0.25) is 5.91 Å². The van der Waals surface area contributed by atoms with Crippen LogP contribution in [0.3, 0.4) is 0 Å². The summed E-state index contributed by atoms with van der Waals surface area (Å²) in [5.41, 5.74) is 7.19. The summed E-state index contributed by atoms with van der Waals surface area (Å²) in [5, 5.41) is 0. The van der Waals surface area contributed by atoms with Crippen LogP contribution in [0.5, 0.6) is 0 Å². The maximum absolute atomic E-state index is 10.8. The number of primary amides is 1. The van der Waals surface area contributed by atoms with Gasteiger partial charge < -0.3 is 10.7 Å². The summed E-state index contributed by atoms with van der Waals surface area (Å²) in [6.07, 6.45) is 2.12. The molecule has 0 saturated carbocycles. The van der Waals surface area contributed by atoms with Crippen LogP contribution in [0.25, 0.3) is 11.0 Å². The van der Waals surface area contributed by atoms with Gasteiger partial charge in [0.25, 0.3) is 0 Å². The largest absolute Gasteiger partial charge is 0.370 e. The fraction of sp³-hybridized carbons (Fsp3) is 0.385. The maximum Gasteiger partial charge on any atom is 0.217 e. The number of H-pyrrole nitrogens is 1. The molecule has 2 rings (SSSR count). The van der Waals surface area contributed by atoms with E-state index in [0.717, 1.165) is 29.7 Å². The van der Waals surface area contributed by atoms with Crippen molar-refractivity contribution in [2.75, 3.05) is 0 Å². The fourth-order valence-electron chi connectivity index (χ4n) is 2.02. The summed E-state index contributed by atoms with van der Waals surface area (Å²) in [6.45, 7) is 2.10. The van der Waals surface area contributed by atoms with Crippen LogP contribution >= 0.6 is 0 Å². The molecular weight excluding hydrogens is 214 g/mol. The number of para-hydroxylation sites is 2. The second-order valence-corrected chi connectivity index (χ2v) is 4.25. The van der Waals surface area contributed by atoms with Gasteiger partial charge in [-0.25, -0.2) is 4.98 Å². The molecule has 0 unspecified atom stereocenters. The minimum Gasteiger partial charge on any atom is -0.370 e. The number of carbonyl (C=O) groups is 1. The van der Waals surface area contributed by atoms with Crippen molar-refractivity contribution >= 4 is 16.9 Å². The summed E-state index contributed by atoms with van der Waals surface area (Å²) >= 11 is 0. The van der Waals surface area contributed by atoms with Crippen LogP contribution in [0.2, 0.25) is 0 Å². The van der Waals surface area contributed by atoms with Gasteiger partial charge in [-0.05, 0) is 25.0 Å². The summed E-state index contributed by atoms with van der Waals surface area (Å²) in [4.78, 5) is 18.7. The third-order valence-corrected chi connectivity index (χ3v) is 3.03. The molecule has 1 heterocycles. The van der Waals surface area contributed by atoms with E-state index >= 15 is 0 Å². The Balaban J connectivity index is 2.21. The molecule has 1 amide bonds. The number of rotatable bonds is 5. The van der Waals surface area contributed by atoms with Crippen LogP contribution in [0.4, 0.5) is 0 Å². The zero-order valence-corrected chi connectivity index (χ0v) is 9.94. The molecule has 2 aromatic rings. The fourth-order valence-corrected chi connectivity index (χ4v) is 2.02. The highest BCUT2D eigenvalue weighted by Gasteiger charge is 2.14. The Morgan fingerprint density at radius 3 is 2.88 bits per heavy atom. The molecule has 4 nitrogen and oxygen atoms in total. The molecule has 4 heteroatoms. The van der Waals surface area contributed by atoms with Crippen molar-refractivity contribution in [3.05, 3.63) is 30.1 Å². The number of hydrogen-bond acceptors (Lipinski definition) is 2. The highest BCUT2D eigenvalue weighted by atomic mass is 16.1. The van der Waals surface area contributed by atoms with Gasteiger partial charge in [0.05, 0.1) is 11.0 Å². The third kappa shape index (κ3) is 2.64. The van der Waals surface area contributed by atoms with Crippen LogP contribution in [0, 0.1) is 0 Å². The van der Waals surface area contributed by atoms with Crippen LogP contribution in [0.1, 0.15) is 37.9 Å². The Hall–Kier alpha value is -1.84. The van der Waals surface area contributed by atoms with E-state index in [1.54, 1.807) is 0 Å². The first-order valence-electron chi connectivity index (χ1n) is 5.93. The van der Waals surface area contributed by atoms with Crippen LogP contribution in [0.15, 0.2) is 24.3 Å². The molecule has 0 radical (unpaired) electrons. The zero-order valence-electron chi connectivity index (χ0n) is 9.94. The molecule has 1 atom stereocenters. The molecule has 1 aromatic heterocycles. The average molecular weight is 231 g/mol. The quantitative estimate of drug-likeness (QED) is 0.828. The first-order chi connectivity index (χ1) is 8.20. The number of nitrogens with one attached hydrogen (secondary N) is 1. The number of fused-ring (bicyclic) bond motifs is 1. The minimum absolute atomic E-state index is 0.250. The summed E-state index contributed by atoms with van der Waals surface area (Å²) in [5.74, 6) is 0.976. The number of hydrogen-bond donors (Lipinski definition) is 2. The van der Waals surface area contributed by atoms with E-state index in [-0.39, 0.29) is 11.8 Å². The Morgan fingerprint density at radius 2 is 2.24 bits per heavy atom. The number of amides is 1. The number of nitrogens with two attached hydrogens (primary N) is 1. The number of aromatic nitrogens is 2. The van der Waals surface area contributed by atoms with Crippen molar-refractivity contribution in [3.8, 4) is 0 Å². The standard InChI is InChI=1S/C13H17N3O/c1-2-9(7-8-12(14)17)13-15-10-5-3-4-6-11(10)16-13/h3-6,9H,2,7-8H2,1H3,(H2,14,17)(H,15,16)/t9-/m0/s1. The van der Waals surface area contributed by atoms with Gasteiger partial charge in [0, 0.05) is 12.3 Å². The van der Waals surface area contributed by atoms with Crippen LogP contribution in [-0.2, 0) is 4.79 Å². The Morgan fingerprint density at radius 1 is 1.47 bits per heavy atom. The topological polar surface area (TPSA) is 71.8 Å². The molecule has 0 saturated heterocycles. The zero-order chi connectivity index (χ0) is 12.3. The van der Waals surface area contributed by atoms with Crippen molar-refractivity contribution < 1.29 is 4.79 Å². The van der Waals surface area contributed by atoms with Crippen molar-refractivity contribution in [2.24, 2.45) is 5.73 Å². The Bertz CT molecular complexity index is 485. The van der Waals surface area contributed by atoms with Gasteiger partial charge in [-0.2, -0.15) is 0 Å². The van der Waals surface area contributed by atoms with Crippen molar-refractivity contribution in [1.82, 2.24) is 9.97 Å². The van der Waals surface area contributed by atoms with Crippen LogP contribution < -0.4 is 5.73 Å². The molecule has 0 fully saturated rings. The lowest BCUT2D eigenvalue weighted by molar-refractivity contribution is -0.118. The lowest BCUT2D eigenvalue weighted by Gasteiger charge is -2.10. The number of carbonyl (C=O) groups excluding carboxylic acids is 1. The Labute approximate surface area is 100 Å². The highest BCUT2D eigenvalue weighted by Crippen LogP contribution is 2.24. The lowest BCUT2D eigenvalue weighted by Crippen LogP contribution is -2.12. The molecule has 0 bridgehead atoms. The summed E-state index contributed by atoms with van der Waals surface area (Å²) in [6, 6.07) is 7.94. The molecule has 0 aliphatic rings. The molecule has 0 aliphatic heterocycles. The van der Waals surface area contributed by atoms with Crippen molar-refractivity contribution in [1.29, 1.82) is 0 Å². The number of aromatic amines is 1. The molecule has 0 aliphatic carbocycles. The second kappa shape index (κ2) is 4.99. The van der Waals surface area contributed by atoms with E-state index in [2.05, 4.69) is 16.9 Å². The number of imidazole rings is 1. The highest BCUT2D eigenvalue weighted by molar-refractivity contribution is 5.75.